The lowest BCUT2D eigenvalue weighted by atomic mass is 10.0. The maximum atomic E-state index is 13.5. The van der Waals surface area contributed by atoms with Crippen molar-refractivity contribution in [3.63, 3.8) is 0 Å². The summed E-state index contributed by atoms with van der Waals surface area (Å²) in [5.41, 5.74) is 0.803. The average Bonchev–Trinajstić information content (AvgIpc) is 2.87. The summed E-state index contributed by atoms with van der Waals surface area (Å²) in [5.74, 6) is -0.684. The van der Waals surface area contributed by atoms with Gasteiger partial charge in [0.05, 0.1) is 4.92 Å². The molecule has 186 valence electrons. The molecule has 0 saturated carbocycles. The fourth-order valence-electron chi connectivity index (χ4n) is 4.27. The maximum Gasteiger partial charge on any atom is 0.270 e. The molecule has 1 aliphatic heterocycles. The predicted octanol–water partition coefficient (Wildman–Crippen LogP) is 3.19. The third-order valence-corrected chi connectivity index (χ3v) is 6.21. The van der Waals surface area contributed by atoms with E-state index in [2.05, 4.69) is 5.32 Å². The largest absolute Gasteiger partial charge is 0.340 e. The van der Waals surface area contributed by atoms with Gasteiger partial charge in [-0.2, -0.15) is 0 Å². The van der Waals surface area contributed by atoms with Gasteiger partial charge < -0.3 is 15.1 Å². The molecule has 9 heteroatoms. The van der Waals surface area contributed by atoms with Crippen LogP contribution in [0.25, 0.3) is 0 Å². The second kappa shape index (κ2) is 12.1. The molecule has 0 bridgehead atoms. The molecule has 0 radical (unpaired) electrons. The number of amides is 3. The van der Waals surface area contributed by atoms with Gasteiger partial charge in [-0.1, -0.05) is 49.7 Å². The van der Waals surface area contributed by atoms with Gasteiger partial charge in [-0.05, 0) is 25.0 Å². The number of hydrogen-bond donors (Lipinski definition) is 1. The zero-order valence-electron chi connectivity index (χ0n) is 20.2. The van der Waals surface area contributed by atoms with E-state index in [0.29, 0.717) is 26.1 Å². The van der Waals surface area contributed by atoms with E-state index in [-0.39, 0.29) is 35.5 Å². The van der Waals surface area contributed by atoms with E-state index in [1.165, 1.54) is 24.3 Å². The summed E-state index contributed by atoms with van der Waals surface area (Å²) in [6.45, 7) is 5.19. The minimum atomic E-state index is -0.848. The SMILES string of the molecule is CCCCC(=O)N1CCN(C(=O)C(Cc2ccccc2)NC(=O)c2cccc([N+](=O)[O-])c2)CC1C. The molecule has 0 spiro atoms. The van der Waals surface area contributed by atoms with Gasteiger partial charge in [0.25, 0.3) is 11.6 Å². The van der Waals surface area contributed by atoms with Crippen LogP contribution in [0.3, 0.4) is 0 Å². The van der Waals surface area contributed by atoms with Crippen molar-refractivity contribution >= 4 is 23.4 Å². The van der Waals surface area contributed by atoms with Crippen molar-refractivity contribution in [3.8, 4) is 0 Å². The van der Waals surface area contributed by atoms with E-state index in [4.69, 9.17) is 0 Å². The van der Waals surface area contributed by atoms with Crippen LogP contribution in [-0.2, 0) is 16.0 Å². The fraction of sp³-hybridized carbons (Fsp3) is 0.423. The number of rotatable bonds is 9. The lowest BCUT2D eigenvalue weighted by Crippen LogP contribution is -2.59. The molecular formula is C26H32N4O5. The summed E-state index contributed by atoms with van der Waals surface area (Å²) in [6, 6.07) is 13.8. The number of piperazine rings is 1. The lowest BCUT2D eigenvalue weighted by molar-refractivity contribution is -0.384. The van der Waals surface area contributed by atoms with Crippen molar-refractivity contribution in [3.05, 3.63) is 75.8 Å². The Morgan fingerprint density at radius 2 is 1.86 bits per heavy atom. The Morgan fingerprint density at radius 3 is 2.51 bits per heavy atom. The van der Waals surface area contributed by atoms with Crippen LogP contribution in [0.2, 0.25) is 0 Å². The minimum Gasteiger partial charge on any atom is -0.340 e. The monoisotopic (exact) mass is 480 g/mol. The molecule has 2 aromatic rings. The van der Waals surface area contributed by atoms with E-state index in [1.807, 2.05) is 49.1 Å². The number of nitro benzene ring substituents is 1. The van der Waals surface area contributed by atoms with Crippen molar-refractivity contribution in [1.29, 1.82) is 0 Å². The van der Waals surface area contributed by atoms with Crippen LogP contribution in [-0.4, -0.2) is 64.2 Å². The van der Waals surface area contributed by atoms with Gasteiger partial charge in [0.2, 0.25) is 11.8 Å². The molecule has 3 amide bonds. The molecule has 1 N–H and O–H groups in total. The highest BCUT2D eigenvalue weighted by molar-refractivity contribution is 5.98. The maximum absolute atomic E-state index is 13.5. The van der Waals surface area contributed by atoms with Crippen molar-refractivity contribution < 1.29 is 19.3 Å². The Hall–Kier alpha value is -3.75. The second-order valence-electron chi connectivity index (χ2n) is 8.85. The molecule has 2 atom stereocenters. The van der Waals surface area contributed by atoms with E-state index < -0.39 is 16.9 Å². The second-order valence-corrected chi connectivity index (χ2v) is 8.85. The summed E-state index contributed by atoms with van der Waals surface area (Å²) >= 11 is 0. The number of carbonyl (C=O) groups is 3. The molecule has 2 unspecified atom stereocenters. The van der Waals surface area contributed by atoms with E-state index in [9.17, 15) is 24.5 Å². The Bertz CT molecular complexity index is 1060. The Kier molecular flexibility index (Phi) is 8.94. The molecule has 0 aromatic heterocycles. The van der Waals surface area contributed by atoms with Crippen molar-refractivity contribution in [2.45, 2.75) is 51.6 Å². The van der Waals surface area contributed by atoms with Crippen LogP contribution >= 0.6 is 0 Å². The van der Waals surface area contributed by atoms with Gasteiger partial charge in [0.1, 0.15) is 6.04 Å². The van der Waals surface area contributed by atoms with Crippen LogP contribution in [0.1, 0.15) is 49.0 Å². The zero-order chi connectivity index (χ0) is 25.4. The van der Waals surface area contributed by atoms with Gasteiger partial charge in [-0.25, -0.2) is 0 Å². The van der Waals surface area contributed by atoms with Gasteiger partial charge >= 0.3 is 0 Å². The fourth-order valence-corrected chi connectivity index (χ4v) is 4.27. The smallest absolute Gasteiger partial charge is 0.270 e. The van der Waals surface area contributed by atoms with Gasteiger partial charge in [-0.15, -0.1) is 0 Å². The topological polar surface area (TPSA) is 113 Å². The number of nitrogens with zero attached hydrogens (tertiary/aromatic N) is 3. The molecule has 2 aromatic carbocycles. The first-order valence-corrected chi connectivity index (χ1v) is 12.0. The molecule has 3 rings (SSSR count). The predicted molar refractivity (Wildman–Crippen MR) is 132 cm³/mol. The number of benzene rings is 2. The van der Waals surface area contributed by atoms with Crippen molar-refractivity contribution in [1.82, 2.24) is 15.1 Å². The first-order valence-electron chi connectivity index (χ1n) is 12.0. The number of non-ortho nitro benzene ring substituents is 1. The van der Waals surface area contributed by atoms with Crippen molar-refractivity contribution in [2.75, 3.05) is 19.6 Å². The third-order valence-electron chi connectivity index (χ3n) is 6.21. The summed E-state index contributed by atoms with van der Waals surface area (Å²) in [6.07, 6.45) is 2.58. The number of nitrogens with one attached hydrogen (secondary N) is 1. The minimum absolute atomic E-state index is 0.103. The first-order chi connectivity index (χ1) is 16.8. The highest BCUT2D eigenvalue weighted by Crippen LogP contribution is 2.17. The van der Waals surface area contributed by atoms with E-state index >= 15 is 0 Å². The highest BCUT2D eigenvalue weighted by atomic mass is 16.6. The third kappa shape index (κ3) is 6.88. The van der Waals surface area contributed by atoms with Crippen LogP contribution in [0.4, 0.5) is 5.69 Å². The van der Waals surface area contributed by atoms with Crippen LogP contribution in [0.15, 0.2) is 54.6 Å². The molecule has 35 heavy (non-hydrogen) atoms. The van der Waals surface area contributed by atoms with Gasteiger partial charge in [0, 0.05) is 56.2 Å². The van der Waals surface area contributed by atoms with Crippen LogP contribution in [0, 0.1) is 10.1 Å². The molecule has 1 aliphatic rings. The number of unbranched alkanes of at least 4 members (excludes halogenated alkanes) is 1. The molecule has 1 heterocycles. The number of hydrogen-bond acceptors (Lipinski definition) is 5. The summed E-state index contributed by atoms with van der Waals surface area (Å²) in [7, 11) is 0. The first kappa shape index (κ1) is 25.9. The summed E-state index contributed by atoms with van der Waals surface area (Å²) in [5, 5.41) is 13.9. The standard InChI is InChI=1S/C26H32N4O5/c1-3-4-13-24(31)29-15-14-28(18-19(29)2)26(33)23(16-20-9-6-5-7-10-20)27-25(32)21-11-8-12-22(17-21)30(34)35/h5-12,17,19,23H,3-4,13-16,18H2,1-2H3,(H,27,32). The quantitative estimate of drug-likeness (QED) is 0.438. The van der Waals surface area contributed by atoms with Crippen molar-refractivity contribution in [2.24, 2.45) is 0 Å². The van der Waals surface area contributed by atoms with Crippen LogP contribution < -0.4 is 5.32 Å². The van der Waals surface area contributed by atoms with E-state index in [1.54, 1.807) is 4.90 Å². The number of carbonyl (C=O) groups excluding carboxylic acids is 3. The van der Waals surface area contributed by atoms with Crippen LogP contribution in [0.5, 0.6) is 0 Å². The van der Waals surface area contributed by atoms with Gasteiger partial charge in [0.15, 0.2) is 0 Å². The molecular weight excluding hydrogens is 448 g/mol. The van der Waals surface area contributed by atoms with Gasteiger partial charge in [-0.3, -0.25) is 24.5 Å². The number of nitro groups is 1. The molecule has 0 aliphatic carbocycles. The average molecular weight is 481 g/mol. The zero-order valence-corrected chi connectivity index (χ0v) is 20.2. The Balaban J connectivity index is 1.75. The lowest BCUT2D eigenvalue weighted by Gasteiger charge is -2.41. The highest BCUT2D eigenvalue weighted by Gasteiger charge is 2.33. The van der Waals surface area contributed by atoms with E-state index in [0.717, 1.165) is 18.4 Å². The Labute approximate surface area is 205 Å². The summed E-state index contributed by atoms with van der Waals surface area (Å²) in [4.78, 5) is 53.1. The molecule has 1 fully saturated rings. The molecule has 1 saturated heterocycles. The normalized spacial score (nSPS) is 16.5. The molecule has 9 nitrogen and oxygen atoms in total. The summed E-state index contributed by atoms with van der Waals surface area (Å²) < 4.78 is 0. The Morgan fingerprint density at radius 1 is 1.11 bits per heavy atom.